The molecular formula is C31H42Cl2N8O5S. The normalized spacial score (nSPS) is 16.3. The first kappa shape index (κ1) is 36.3. The molecule has 2 aliphatic rings. The minimum atomic E-state index is -3.48. The molecule has 0 radical (unpaired) electrons. The number of carbonyl (C=O) groups is 1. The van der Waals surface area contributed by atoms with Crippen molar-refractivity contribution in [2.45, 2.75) is 12.8 Å². The maximum absolute atomic E-state index is 12.2. The summed E-state index contributed by atoms with van der Waals surface area (Å²) in [7, 11) is -0.377. The summed E-state index contributed by atoms with van der Waals surface area (Å²) < 4.78 is 31.3. The van der Waals surface area contributed by atoms with Crippen molar-refractivity contribution in [2.24, 2.45) is 5.92 Å². The zero-order valence-corrected chi connectivity index (χ0v) is 29.1. The van der Waals surface area contributed by atoms with Crippen molar-refractivity contribution < 1.29 is 23.1 Å². The van der Waals surface area contributed by atoms with Gasteiger partial charge in [0.15, 0.2) is 5.82 Å². The third-order valence-electron chi connectivity index (χ3n) is 8.49. The van der Waals surface area contributed by atoms with E-state index < -0.39 is 16.0 Å². The quantitative estimate of drug-likeness (QED) is 0.246. The molecular weight excluding hydrogens is 667 g/mol. The molecule has 2 saturated heterocycles. The molecule has 2 aromatic carbocycles. The summed E-state index contributed by atoms with van der Waals surface area (Å²) in [4.78, 5) is 26.7. The lowest BCUT2D eigenvalue weighted by atomic mass is 9.95. The fourth-order valence-electron chi connectivity index (χ4n) is 5.84. The second kappa shape index (κ2) is 16.0. The number of aromatic nitrogens is 2. The Balaban J connectivity index is 0.00000500. The van der Waals surface area contributed by atoms with E-state index in [1.165, 1.54) is 17.5 Å². The molecule has 256 valence electrons. The third kappa shape index (κ3) is 9.51. The highest BCUT2D eigenvalue weighted by molar-refractivity contribution is 7.92. The third-order valence-corrected chi connectivity index (χ3v) is 9.96. The zero-order valence-electron chi connectivity index (χ0n) is 26.7. The maximum atomic E-state index is 12.2. The molecule has 0 spiro atoms. The number of rotatable bonds is 12. The van der Waals surface area contributed by atoms with Gasteiger partial charge >= 0.3 is 5.97 Å². The number of aliphatic carboxylic acids is 1. The molecule has 1 aromatic heterocycles. The van der Waals surface area contributed by atoms with Gasteiger partial charge in [-0.15, -0.1) is 12.4 Å². The summed E-state index contributed by atoms with van der Waals surface area (Å²) in [6.45, 7) is 6.53. The topological polar surface area (TPSA) is 143 Å². The number of ether oxygens (including phenoxy) is 1. The molecule has 16 heteroatoms. The van der Waals surface area contributed by atoms with E-state index in [1.54, 1.807) is 31.4 Å². The molecule has 47 heavy (non-hydrogen) atoms. The number of hydrogen-bond acceptors (Lipinski definition) is 11. The number of sulfonamides is 1. The number of nitrogens with zero attached hydrogens (tertiary/aromatic N) is 6. The molecule has 3 N–H and O–H groups in total. The summed E-state index contributed by atoms with van der Waals surface area (Å²) in [5.74, 6) is 1.10. The van der Waals surface area contributed by atoms with E-state index in [0.717, 1.165) is 70.6 Å². The number of benzene rings is 2. The number of carboxylic acid groups (broad SMARTS) is 1. The predicted octanol–water partition coefficient (Wildman–Crippen LogP) is 4.36. The Morgan fingerprint density at radius 2 is 1.72 bits per heavy atom. The molecule has 0 bridgehead atoms. The number of para-hydroxylation sites is 2. The second-order valence-corrected chi connectivity index (χ2v) is 14.1. The SMILES string of the molecule is COc1cc(N2CCC(CN3CCN(CC(=O)O)CC3)CC2)ccc1Nc1ncc(Cl)c(Nc2ccccc2N(C)S(C)(=O)=O)n1.Cl. The largest absolute Gasteiger partial charge is 0.494 e. The second-order valence-electron chi connectivity index (χ2n) is 11.7. The molecule has 13 nitrogen and oxygen atoms in total. The molecule has 2 fully saturated rings. The van der Waals surface area contributed by atoms with E-state index in [0.29, 0.717) is 34.5 Å². The minimum Gasteiger partial charge on any atom is -0.494 e. The number of hydrogen-bond donors (Lipinski definition) is 3. The lowest BCUT2D eigenvalue weighted by Crippen LogP contribution is -2.49. The average molecular weight is 710 g/mol. The molecule has 3 aromatic rings. The summed E-state index contributed by atoms with van der Waals surface area (Å²) in [6.07, 6.45) is 4.80. The van der Waals surface area contributed by atoms with Crippen LogP contribution in [-0.2, 0) is 14.8 Å². The van der Waals surface area contributed by atoms with Crippen molar-refractivity contribution in [3.8, 4) is 5.75 Å². The highest BCUT2D eigenvalue weighted by Crippen LogP contribution is 2.35. The minimum absolute atomic E-state index is 0. The van der Waals surface area contributed by atoms with Crippen LogP contribution in [0.4, 0.5) is 34.5 Å². The van der Waals surface area contributed by atoms with Crippen LogP contribution in [0.2, 0.25) is 5.02 Å². The first-order chi connectivity index (χ1) is 22.0. The van der Waals surface area contributed by atoms with Crippen molar-refractivity contribution in [3.63, 3.8) is 0 Å². The van der Waals surface area contributed by atoms with Gasteiger partial charge in [0.25, 0.3) is 0 Å². The number of piperazine rings is 1. The Morgan fingerprint density at radius 1 is 1.04 bits per heavy atom. The van der Waals surface area contributed by atoms with Crippen LogP contribution < -0.4 is 24.6 Å². The van der Waals surface area contributed by atoms with Gasteiger partial charge in [0.1, 0.15) is 10.8 Å². The number of nitrogens with one attached hydrogen (secondary N) is 2. The Bertz CT molecular complexity index is 1630. The fraction of sp³-hybridized carbons (Fsp3) is 0.452. The van der Waals surface area contributed by atoms with Crippen molar-refractivity contribution in [1.29, 1.82) is 0 Å². The van der Waals surface area contributed by atoms with Gasteiger partial charge in [0.2, 0.25) is 16.0 Å². The van der Waals surface area contributed by atoms with Crippen molar-refractivity contribution in [1.82, 2.24) is 19.8 Å². The van der Waals surface area contributed by atoms with Crippen LogP contribution in [0.5, 0.6) is 5.75 Å². The summed E-state index contributed by atoms with van der Waals surface area (Å²) in [5.41, 5.74) is 2.74. The Hall–Kier alpha value is -3.56. The van der Waals surface area contributed by atoms with Gasteiger partial charge in [0, 0.05) is 64.6 Å². The van der Waals surface area contributed by atoms with Crippen LogP contribution in [0.3, 0.4) is 0 Å². The highest BCUT2D eigenvalue weighted by Gasteiger charge is 2.25. The van der Waals surface area contributed by atoms with Gasteiger partial charge in [-0.05, 0) is 43.0 Å². The zero-order chi connectivity index (χ0) is 32.8. The van der Waals surface area contributed by atoms with Gasteiger partial charge in [-0.2, -0.15) is 4.98 Å². The van der Waals surface area contributed by atoms with Gasteiger partial charge in [-0.25, -0.2) is 13.4 Å². The molecule has 3 heterocycles. The van der Waals surface area contributed by atoms with E-state index in [-0.39, 0.29) is 29.9 Å². The van der Waals surface area contributed by atoms with Gasteiger partial charge in [-0.3, -0.25) is 14.0 Å². The van der Waals surface area contributed by atoms with Crippen LogP contribution >= 0.6 is 24.0 Å². The lowest BCUT2D eigenvalue weighted by Gasteiger charge is -2.39. The van der Waals surface area contributed by atoms with Crippen LogP contribution in [-0.4, -0.2) is 112 Å². The molecule has 5 rings (SSSR count). The number of piperidine rings is 1. The predicted molar refractivity (Wildman–Crippen MR) is 189 cm³/mol. The summed E-state index contributed by atoms with van der Waals surface area (Å²) >= 11 is 6.42. The van der Waals surface area contributed by atoms with Crippen LogP contribution in [0.25, 0.3) is 0 Å². The molecule has 0 saturated carbocycles. The maximum Gasteiger partial charge on any atom is 0.317 e. The van der Waals surface area contributed by atoms with Gasteiger partial charge in [0.05, 0.1) is 43.2 Å². The Labute approximate surface area is 287 Å². The number of halogens is 2. The van der Waals surface area contributed by atoms with E-state index >= 15 is 0 Å². The monoisotopic (exact) mass is 708 g/mol. The van der Waals surface area contributed by atoms with Crippen molar-refractivity contribution in [2.75, 3.05) is 92.6 Å². The highest BCUT2D eigenvalue weighted by atomic mass is 35.5. The van der Waals surface area contributed by atoms with Gasteiger partial charge < -0.3 is 30.3 Å². The standard InChI is InChI=1S/C31H41ClN8O5S.ClH/c1-37(46(3,43)44)27-7-5-4-6-25(27)34-30-24(32)19-33-31(36-30)35-26-9-8-23(18-28(26)45-2)40-12-10-22(11-13-40)20-38-14-16-39(17-15-38)21-29(41)42;/h4-9,18-19,22H,10-17,20-21H2,1-3H3,(H,41,42)(H2,33,34,35,36);1H. The van der Waals surface area contributed by atoms with E-state index in [9.17, 15) is 13.2 Å². The van der Waals surface area contributed by atoms with Crippen LogP contribution in [0, 0.1) is 5.92 Å². The van der Waals surface area contributed by atoms with E-state index in [1.807, 2.05) is 17.0 Å². The first-order valence-electron chi connectivity index (χ1n) is 15.2. The van der Waals surface area contributed by atoms with Crippen LogP contribution in [0.15, 0.2) is 48.7 Å². The summed E-state index contributed by atoms with van der Waals surface area (Å²) in [5, 5.41) is 15.7. The summed E-state index contributed by atoms with van der Waals surface area (Å²) in [6, 6.07) is 13.0. The molecule has 2 aliphatic heterocycles. The van der Waals surface area contributed by atoms with E-state index in [4.69, 9.17) is 21.4 Å². The van der Waals surface area contributed by atoms with Crippen LogP contribution in [0.1, 0.15) is 12.8 Å². The Morgan fingerprint density at radius 3 is 2.38 bits per heavy atom. The average Bonchev–Trinajstić information content (AvgIpc) is 3.03. The van der Waals surface area contributed by atoms with E-state index in [2.05, 4.69) is 36.5 Å². The molecule has 0 unspecified atom stereocenters. The number of anilines is 6. The number of carboxylic acids is 1. The van der Waals surface area contributed by atoms with Gasteiger partial charge in [-0.1, -0.05) is 23.7 Å². The Kier molecular flexibility index (Phi) is 12.4. The van der Waals surface area contributed by atoms with Crippen molar-refractivity contribution in [3.05, 3.63) is 53.7 Å². The molecule has 0 atom stereocenters. The smallest absolute Gasteiger partial charge is 0.317 e. The first-order valence-corrected chi connectivity index (χ1v) is 17.4. The molecule has 0 amide bonds. The van der Waals surface area contributed by atoms with Crippen molar-refractivity contribution >= 4 is 74.5 Å². The fourth-order valence-corrected chi connectivity index (χ4v) is 6.49. The number of methoxy groups -OCH3 is 1. The lowest BCUT2D eigenvalue weighted by molar-refractivity contribution is -0.138. The molecule has 0 aliphatic carbocycles.